The number of ether oxygens (including phenoxy) is 5. The molecule has 0 aliphatic carbocycles. The number of carbonyl (C=O) groups excluding carboxylic acids is 3. The SMILES string of the molecule is CCOc1cc(C(=O)OCC(=O)Nc2cc(C(=O)OC)ccc2C)cc(OCC)c1OCC. The van der Waals surface area contributed by atoms with Crippen LogP contribution in [0, 0.1) is 6.92 Å². The van der Waals surface area contributed by atoms with Crippen molar-refractivity contribution >= 4 is 23.5 Å². The van der Waals surface area contributed by atoms with Crippen molar-refractivity contribution in [1.82, 2.24) is 0 Å². The molecule has 33 heavy (non-hydrogen) atoms. The number of aryl methyl sites for hydroxylation is 1. The summed E-state index contributed by atoms with van der Waals surface area (Å²) in [5, 5.41) is 2.63. The molecule has 2 aromatic carbocycles. The van der Waals surface area contributed by atoms with E-state index in [0.717, 1.165) is 5.56 Å². The lowest BCUT2D eigenvalue weighted by Gasteiger charge is -2.17. The summed E-state index contributed by atoms with van der Waals surface area (Å²) in [6, 6.07) is 7.74. The molecular formula is C24H29NO8. The van der Waals surface area contributed by atoms with Gasteiger partial charge >= 0.3 is 11.9 Å². The van der Waals surface area contributed by atoms with Gasteiger partial charge in [0.25, 0.3) is 5.91 Å². The lowest BCUT2D eigenvalue weighted by atomic mass is 10.1. The van der Waals surface area contributed by atoms with Crippen molar-refractivity contribution in [3.8, 4) is 17.2 Å². The molecular weight excluding hydrogens is 430 g/mol. The van der Waals surface area contributed by atoms with Gasteiger partial charge in [0.15, 0.2) is 18.1 Å². The number of rotatable bonds is 11. The van der Waals surface area contributed by atoms with Gasteiger partial charge in [-0.3, -0.25) is 4.79 Å². The second-order valence-corrected chi connectivity index (χ2v) is 6.75. The Morgan fingerprint density at radius 1 is 0.818 bits per heavy atom. The van der Waals surface area contributed by atoms with E-state index in [1.807, 2.05) is 20.8 Å². The number of hydrogen-bond donors (Lipinski definition) is 1. The first kappa shape index (κ1) is 25.5. The van der Waals surface area contributed by atoms with Crippen molar-refractivity contribution < 1.29 is 38.1 Å². The van der Waals surface area contributed by atoms with Crippen LogP contribution in [-0.4, -0.2) is 51.4 Å². The van der Waals surface area contributed by atoms with Crippen LogP contribution in [0.15, 0.2) is 30.3 Å². The van der Waals surface area contributed by atoms with Gasteiger partial charge in [-0.15, -0.1) is 0 Å². The average molecular weight is 459 g/mol. The minimum Gasteiger partial charge on any atom is -0.490 e. The second-order valence-electron chi connectivity index (χ2n) is 6.75. The molecule has 0 bridgehead atoms. The highest BCUT2D eigenvalue weighted by Crippen LogP contribution is 2.39. The van der Waals surface area contributed by atoms with Gasteiger partial charge in [0.2, 0.25) is 5.75 Å². The van der Waals surface area contributed by atoms with Crippen LogP contribution in [0.1, 0.15) is 47.1 Å². The van der Waals surface area contributed by atoms with E-state index in [1.54, 1.807) is 19.1 Å². The van der Waals surface area contributed by atoms with Gasteiger partial charge in [-0.05, 0) is 57.5 Å². The van der Waals surface area contributed by atoms with Crippen LogP contribution < -0.4 is 19.5 Å². The molecule has 0 aliphatic heterocycles. The Morgan fingerprint density at radius 2 is 1.42 bits per heavy atom. The predicted octanol–water partition coefficient (Wildman–Crippen LogP) is 3.77. The molecule has 0 spiro atoms. The predicted molar refractivity (Wildman–Crippen MR) is 121 cm³/mol. The summed E-state index contributed by atoms with van der Waals surface area (Å²) in [6.45, 7) is 7.79. The molecule has 1 amide bonds. The molecule has 0 saturated heterocycles. The maximum absolute atomic E-state index is 12.6. The van der Waals surface area contributed by atoms with Crippen LogP contribution in [-0.2, 0) is 14.3 Å². The number of esters is 2. The van der Waals surface area contributed by atoms with Crippen molar-refractivity contribution in [2.24, 2.45) is 0 Å². The van der Waals surface area contributed by atoms with E-state index in [9.17, 15) is 14.4 Å². The van der Waals surface area contributed by atoms with Crippen molar-refractivity contribution in [3.63, 3.8) is 0 Å². The van der Waals surface area contributed by atoms with E-state index < -0.39 is 24.5 Å². The molecule has 0 fully saturated rings. The standard InChI is InChI=1S/C24H29NO8/c1-6-30-19-12-17(13-20(31-7-2)22(19)32-8-3)24(28)33-14-21(26)25-18-11-16(23(27)29-5)10-9-15(18)4/h9-13H,6-8,14H2,1-5H3,(H,25,26). The van der Waals surface area contributed by atoms with E-state index in [0.29, 0.717) is 42.8 Å². The maximum atomic E-state index is 12.6. The molecule has 0 atom stereocenters. The van der Waals surface area contributed by atoms with Gasteiger partial charge in [0, 0.05) is 5.69 Å². The molecule has 2 rings (SSSR count). The third-order valence-electron chi connectivity index (χ3n) is 4.41. The molecule has 0 radical (unpaired) electrons. The van der Waals surface area contributed by atoms with Crippen LogP contribution in [0.5, 0.6) is 17.2 Å². The summed E-state index contributed by atoms with van der Waals surface area (Å²) in [6.07, 6.45) is 0. The molecule has 0 unspecified atom stereocenters. The summed E-state index contributed by atoms with van der Waals surface area (Å²) in [4.78, 5) is 36.7. The van der Waals surface area contributed by atoms with E-state index in [2.05, 4.69) is 5.32 Å². The van der Waals surface area contributed by atoms with E-state index in [1.165, 1.54) is 25.3 Å². The summed E-state index contributed by atoms with van der Waals surface area (Å²) >= 11 is 0. The minimum atomic E-state index is -0.727. The van der Waals surface area contributed by atoms with Crippen molar-refractivity contribution in [2.75, 3.05) is 38.9 Å². The number of amides is 1. The minimum absolute atomic E-state index is 0.155. The van der Waals surface area contributed by atoms with E-state index >= 15 is 0 Å². The Bertz CT molecular complexity index is 975. The van der Waals surface area contributed by atoms with Gasteiger partial charge in [-0.1, -0.05) is 6.07 Å². The zero-order valence-electron chi connectivity index (χ0n) is 19.5. The van der Waals surface area contributed by atoms with Gasteiger partial charge in [0.05, 0.1) is 38.1 Å². The zero-order chi connectivity index (χ0) is 24.4. The smallest absolute Gasteiger partial charge is 0.338 e. The topological polar surface area (TPSA) is 109 Å². The fourth-order valence-electron chi connectivity index (χ4n) is 2.91. The van der Waals surface area contributed by atoms with Gasteiger partial charge < -0.3 is 29.0 Å². The molecule has 9 heteroatoms. The van der Waals surface area contributed by atoms with Gasteiger partial charge in [-0.25, -0.2) is 9.59 Å². The Labute approximate surface area is 192 Å². The fourth-order valence-corrected chi connectivity index (χ4v) is 2.91. The third kappa shape index (κ3) is 6.86. The number of carbonyl (C=O) groups is 3. The highest BCUT2D eigenvalue weighted by molar-refractivity contribution is 5.98. The molecule has 0 heterocycles. The Kier molecular flexibility index (Phi) is 9.53. The van der Waals surface area contributed by atoms with E-state index in [4.69, 9.17) is 23.7 Å². The lowest BCUT2D eigenvalue weighted by Crippen LogP contribution is -2.21. The molecule has 178 valence electrons. The Balaban J connectivity index is 2.14. The highest BCUT2D eigenvalue weighted by atomic mass is 16.5. The largest absolute Gasteiger partial charge is 0.490 e. The van der Waals surface area contributed by atoms with Gasteiger partial charge in [0.1, 0.15) is 0 Å². The number of methoxy groups -OCH3 is 1. The molecule has 1 N–H and O–H groups in total. The Morgan fingerprint density at radius 3 is 1.97 bits per heavy atom. The second kappa shape index (κ2) is 12.3. The van der Waals surface area contributed by atoms with Crippen LogP contribution >= 0.6 is 0 Å². The molecule has 0 aliphatic rings. The maximum Gasteiger partial charge on any atom is 0.338 e. The Hall–Kier alpha value is -3.75. The summed E-state index contributed by atoms with van der Waals surface area (Å²) in [7, 11) is 1.27. The van der Waals surface area contributed by atoms with Crippen molar-refractivity contribution in [3.05, 3.63) is 47.0 Å². The van der Waals surface area contributed by atoms with Crippen LogP contribution in [0.4, 0.5) is 5.69 Å². The zero-order valence-corrected chi connectivity index (χ0v) is 19.5. The van der Waals surface area contributed by atoms with E-state index in [-0.39, 0.29) is 11.1 Å². The normalized spacial score (nSPS) is 10.2. The summed E-state index contributed by atoms with van der Waals surface area (Å²) < 4.78 is 26.7. The van der Waals surface area contributed by atoms with Crippen molar-refractivity contribution in [1.29, 1.82) is 0 Å². The first-order valence-electron chi connectivity index (χ1n) is 10.6. The number of hydrogen-bond acceptors (Lipinski definition) is 8. The monoisotopic (exact) mass is 459 g/mol. The van der Waals surface area contributed by atoms with Gasteiger partial charge in [-0.2, -0.15) is 0 Å². The third-order valence-corrected chi connectivity index (χ3v) is 4.41. The highest BCUT2D eigenvalue weighted by Gasteiger charge is 2.20. The molecule has 0 saturated carbocycles. The first-order chi connectivity index (χ1) is 15.8. The number of benzene rings is 2. The number of nitrogens with one attached hydrogen (secondary N) is 1. The van der Waals surface area contributed by atoms with Crippen LogP contribution in [0.3, 0.4) is 0 Å². The van der Waals surface area contributed by atoms with Crippen LogP contribution in [0.25, 0.3) is 0 Å². The van der Waals surface area contributed by atoms with Crippen molar-refractivity contribution in [2.45, 2.75) is 27.7 Å². The average Bonchev–Trinajstić information content (AvgIpc) is 2.80. The molecule has 2 aromatic rings. The fraction of sp³-hybridized carbons (Fsp3) is 0.375. The number of anilines is 1. The summed E-state index contributed by atoms with van der Waals surface area (Å²) in [5.41, 5.74) is 1.59. The molecule has 9 nitrogen and oxygen atoms in total. The first-order valence-corrected chi connectivity index (χ1v) is 10.6. The quantitative estimate of drug-likeness (QED) is 0.506. The lowest BCUT2D eigenvalue weighted by molar-refractivity contribution is -0.119. The molecule has 0 aromatic heterocycles. The summed E-state index contributed by atoms with van der Waals surface area (Å²) in [5.74, 6) is -0.724. The van der Waals surface area contributed by atoms with Crippen LogP contribution in [0.2, 0.25) is 0 Å².